The third-order valence-corrected chi connectivity index (χ3v) is 10.8. The van der Waals surface area contributed by atoms with Crippen molar-refractivity contribution in [3.63, 3.8) is 0 Å². The zero-order valence-corrected chi connectivity index (χ0v) is 28.6. The second-order valence-electron chi connectivity index (χ2n) is 14.1. The summed E-state index contributed by atoms with van der Waals surface area (Å²) in [4.78, 5) is 2.49. The Bertz CT molecular complexity index is 2770. The third kappa shape index (κ3) is 4.57. The molecule has 0 saturated carbocycles. The van der Waals surface area contributed by atoms with Crippen LogP contribution in [0.1, 0.15) is 25.0 Å². The van der Waals surface area contributed by atoms with Crippen LogP contribution in [0.2, 0.25) is 0 Å². The molecule has 51 heavy (non-hydrogen) atoms. The number of para-hydroxylation sites is 2. The lowest BCUT2D eigenvalue weighted by Gasteiger charge is -2.31. The van der Waals surface area contributed by atoms with Gasteiger partial charge in [0.2, 0.25) is 0 Å². The number of benzene rings is 8. The van der Waals surface area contributed by atoms with Crippen molar-refractivity contribution in [3.05, 3.63) is 187 Å². The first-order valence-electron chi connectivity index (χ1n) is 17.7. The molecular formula is C49H35NO. The van der Waals surface area contributed by atoms with Gasteiger partial charge in [-0.25, -0.2) is 0 Å². The predicted octanol–water partition coefficient (Wildman–Crippen LogP) is 13.8. The number of hydrogen-bond donors (Lipinski definition) is 0. The largest absolute Gasteiger partial charge is 0.456 e. The van der Waals surface area contributed by atoms with E-state index in [-0.39, 0.29) is 5.41 Å². The Kier molecular flexibility index (Phi) is 6.56. The van der Waals surface area contributed by atoms with Gasteiger partial charge in [0.15, 0.2) is 0 Å². The molecule has 0 atom stereocenters. The van der Waals surface area contributed by atoms with E-state index in [9.17, 15) is 0 Å². The molecule has 8 aromatic carbocycles. The molecule has 0 amide bonds. The molecule has 1 heterocycles. The van der Waals surface area contributed by atoms with Crippen molar-refractivity contribution >= 4 is 49.8 Å². The highest BCUT2D eigenvalue weighted by Crippen LogP contribution is 2.57. The molecule has 2 heteroatoms. The first-order valence-corrected chi connectivity index (χ1v) is 17.7. The van der Waals surface area contributed by atoms with Gasteiger partial charge in [-0.15, -0.1) is 0 Å². The molecule has 9 aromatic rings. The van der Waals surface area contributed by atoms with Crippen LogP contribution < -0.4 is 4.90 Å². The van der Waals surface area contributed by atoms with Crippen molar-refractivity contribution < 1.29 is 4.42 Å². The zero-order chi connectivity index (χ0) is 34.1. The molecule has 0 bridgehead atoms. The van der Waals surface area contributed by atoms with Gasteiger partial charge in [0.25, 0.3) is 0 Å². The van der Waals surface area contributed by atoms with Gasteiger partial charge < -0.3 is 9.32 Å². The van der Waals surface area contributed by atoms with Gasteiger partial charge in [0.05, 0.1) is 11.4 Å². The maximum Gasteiger partial charge on any atom is 0.135 e. The molecule has 10 rings (SSSR count). The summed E-state index contributed by atoms with van der Waals surface area (Å²) in [6.07, 6.45) is 0. The van der Waals surface area contributed by atoms with E-state index in [0.717, 1.165) is 38.9 Å². The van der Waals surface area contributed by atoms with Gasteiger partial charge in [-0.1, -0.05) is 147 Å². The molecule has 0 radical (unpaired) electrons. The Hall–Kier alpha value is -6.38. The van der Waals surface area contributed by atoms with Crippen LogP contribution >= 0.6 is 0 Å². The van der Waals surface area contributed by atoms with Gasteiger partial charge in [-0.3, -0.25) is 0 Å². The predicted molar refractivity (Wildman–Crippen MR) is 214 cm³/mol. The fourth-order valence-electron chi connectivity index (χ4n) is 8.46. The summed E-state index contributed by atoms with van der Waals surface area (Å²) in [7, 11) is 0. The lowest BCUT2D eigenvalue weighted by atomic mass is 9.80. The van der Waals surface area contributed by atoms with Crippen LogP contribution in [0.5, 0.6) is 0 Å². The maximum atomic E-state index is 6.14. The topological polar surface area (TPSA) is 16.4 Å². The molecule has 0 spiro atoms. The van der Waals surface area contributed by atoms with Gasteiger partial charge >= 0.3 is 0 Å². The normalized spacial score (nSPS) is 13.1. The second kappa shape index (κ2) is 11.3. The summed E-state index contributed by atoms with van der Waals surface area (Å²) in [6.45, 7) is 4.76. The minimum absolute atomic E-state index is 0.161. The van der Waals surface area contributed by atoms with Crippen molar-refractivity contribution in [2.45, 2.75) is 19.3 Å². The summed E-state index contributed by atoms with van der Waals surface area (Å²) >= 11 is 0. The van der Waals surface area contributed by atoms with Crippen molar-refractivity contribution in [2.75, 3.05) is 4.90 Å². The number of furan rings is 1. The van der Waals surface area contributed by atoms with E-state index in [1.54, 1.807) is 0 Å². The van der Waals surface area contributed by atoms with Crippen molar-refractivity contribution in [1.29, 1.82) is 0 Å². The zero-order valence-electron chi connectivity index (χ0n) is 28.6. The smallest absolute Gasteiger partial charge is 0.135 e. The van der Waals surface area contributed by atoms with Crippen LogP contribution in [0, 0.1) is 0 Å². The van der Waals surface area contributed by atoms with Crippen LogP contribution in [0.25, 0.3) is 66.1 Å². The summed E-state index contributed by atoms with van der Waals surface area (Å²) in [5.41, 5.74) is 15.2. The minimum atomic E-state index is -0.161. The highest BCUT2D eigenvalue weighted by atomic mass is 16.3. The second-order valence-corrected chi connectivity index (χ2v) is 14.1. The summed E-state index contributed by atoms with van der Waals surface area (Å²) < 4.78 is 6.14. The Labute approximate surface area is 297 Å². The number of hydrogen-bond acceptors (Lipinski definition) is 2. The number of fused-ring (bicyclic) bond motifs is 8. The fourth-order valence-corrected chi connectivity index (χ4v) is 8.46. The molecular weight excluding hydrogens is 619 g/mol. The van der Waals surface area contributed by atoms with Gasteiger partial charge in [-0.2, -0.15) is 0 Å². The Balaban J connectivity index is 1.22. The molecule has 0 fully saturated rings. The summed E-state index contributed by atoms with van der Waals surface area (Å²) in [5.74, 6) is 0. The Morgan fingerprint density at radius 1 is 0.451 bits per heavy atom. The number of rotatable bonds is 5. The van der Waals surface area contributed by atoms with Crippen LogP contribution in [0.4, 0.5) is 17.1 Å². The average molecular weight is 654 g/mol. The molecule has 242 valence electrons. The summed E-state index contributed by atoms with van der Waals surface area (Å²) in [6, 6.07) is 63.7. The third-order valence-electron chi connectivity index (χ3n) is 10.8. The molecule has 0 unspecified atom stereocenters. The molecule has 0 aliphatic heterocycles. The lowest BCUT2D eigenvalue weighted by molar-refractivity contribution is 0.666. The Morgan fingerprint density at radius 2 is 1.10 bits per heavy atom. The quantitative estimate of drug-likeness (QED) is 0.184. The van der Waals surface area contributed by atoms with E-state index in [1.807, 2.05) is 12.1 Å². The minimum Gasteiger partial charge on any atom is -0.456 e. The van der Waals surface area contributed by atoms with E-state index in [1.165, 1.54) is 55.4 Å². The van der Waals surface area contributed by atoms with Gasteiger partial charge in [0.1, 0.15) is 11.2 Å². The van der Waals surface area contributed by atoms with Crippen LogP contribution in [0.15, 0.2) is 180 Å². The molecule has 1 aliphatic carbocycles. The van der Waals surface area contributed by atoms with Crippen LogP contribution in [-0.2, 0) is 5.41 Å². The monoisotopic (exact) mass is 653 g/mol. The molecule has 2 nitrogen and oxygen atoms in total. The highest BCUT2D eigenvalue weighted by molar-refractivity contribution is 6.08. The van der Waals surface area contributed by atoms with Crippen molar-refractivity contribution in [1.82, 2.24) is 0 Å². The highest BCUT2D eigenvalue weighted by Gasteiger charge is 2.39. The van der Waals surface area contributed by atoms with Gasteiger partial charge in [0, 0.05) is 33.0 Å². The van der Waals surface area contributed by atoms with Crippen LogP contribution in [-0.4, -0.2) is 0 Å². The number of nitrogens with zero attached hydrogens (tertiary/aromatic N) is 1. The number of anilines is 3. The van der Waals surface area contributed by atoms with Crippen LogP contribution in [0.3, 0.4) is 0 Å². The Morgan fingerprint density at radius 3 is 1.94 bits per heavy atom. The SMILES string of the molecule is CC1(C)c2ccccc2-c2c(N(c3ccc(-c4ccc5oc6ccccc6c5c4)cc3)c3ccccc3-c3ccccc3)cc3ccccc3c21. The molecule has 1 aliphatic rings. The standard InChI is InChI=1S/C49H35NO/c1-49(2)42-21-11-8-20-40(42)47-44(31-35-16-6-7-18-38(35)48(47)49)50(43-22-12-9-17-37(43)33-14-4-3-5-15-33)36-27-24-32(25-28-36)34-26-29-46-41(30-34)39-19-10-13-23-45(39)51-46/h3-31H,1-2H3. The van der Waals surface area contributed by atoms with Crippen molar-refractivity contribution in [3.8, 4) is 33.4 Å². The molecule has 0 N–H and O–H groups in total. The first kappa shape index (κ1) is 29.5. The van der Waals surface area contributed by atoms with E-state index in [2.05, 4.69) is 183 Å². The molecule has 1 aromatic heterocycles. The first-order chi connectivity index (χ1) is 25.1. The molecule has 0 saturated heterocycles. The van der Waals surface area contributed by atoms with E-state index in [0.29, 0.717) is 0 Å². The maximum absolute atomic E-state index is 6.14. The fraction of sp³-hybridized carbons (Fsp3) is 0.0612. The average Bonchev–Trinajstić information content (AvgIpc) is 3.68. The van der Waals surface area contributed by atoms with Crippen molar-refractivity contribution in [2.24, 2.45) is 0 Å². The van der Waals surface area contributed by atoms with E-state index >= 15 is 0 Å². The van der Waals surface area contributed by atoms with Gasteiger partial charge in [-0.05, 0) is 86.6 Å². The lowest BCUT2D eigenvalue weighted by Crippen LogP contribution is -2.17. The summed E-state index contributed by atoms with van der Waals surface area (Å²) in [5, 5.41) is 4.83. The van der Waals surface area contributed by atoms with E-state index < -0.39 is 0 Å². The van der Waals surface area contributed by atoms with E-state index in [4.69, 9.17) is 4.42 Å².